The molecule has 15 heteroatoms. The van der Waals surface area contributed by atoms with Crippen LogP contribution in [-0.4, -0.2) is 89.0 Å². The van der Waals surface area contributed by atoms with Crippen LogP contribution in [0, 0.1) is 23.4 Å². The number of carbonyl (C=O) groups excluding carboxylic acids is 1. The van der Waals surface area contributed by atoms with E-state index in [-0.39, 0.29) is 36.6 Å². The number of aromatic nitrogens is 2. The van der Waals surface area contributed by atoms with Gasteiger partial charge in [-0.25, -0.2) is 22.7 Å². The maximum absolute atomic E-state index is 14.3. The summed E-state index contributed by atoms with van der Waals surface area (Å²) in [5, 5.41) is 3.36. The third kappa shape index (κ3) is 5.82. The molecular weight excluding hydrogens is 551 g/mol. The molecule has 4 heterocycles. The predicted octanol–water partition coefficient (Wildman–Crippen LogP) is 2.04. The minimum absolute atomic E-state index is 0.0104. The summed E-state index contributed by atoms with van der Waals surface area (Å²) in [6.07, 6.45) is 4.13. The Balaban J connectivity index is 1.21. The van der Waals surface area contributed by atoms with Crippen molar-refractivity contribution in [2.24, 2.45) is 16.6 Å². The van der Waals surface area contributed by atoms with E-state index in [4.69, 9.17) is 10.3 Å². The van der Waals surface area contributed by atoms with Crippen molar-refractivity contribution < 1.29 is 31.3 Å². The molecule has 3 unspecified atom stereocenters. The summed E-state index contributed by atoms with van der Waals surface area (Å²) in [5.74, 6) is -8.33. The van der Waals surface area contributed by atoms with Gasteiger partial charge in [0.05, 0.1) is 13.1 Å². The molecule has 3 aliphatic rings. The second kappa shape index (κ2) is 11.2. The molecule has 1 amide bonds. The van der Waals surface area contributed by atoms with Crippen molar-refractivity contribution in [2.45, 2.75) is 50.6 Å². The maximum atomic E-state index is 14.3. The number of likely N-dealkylation sites (tertiary alicyclic amines) is 1. The van der Waals surface area contributed by atoms with Crippen molar-refractivity contribution in [2.75, 3.05) is 37.6 Å². The highest BCUT2D eigenvalue weighted by molar-refractivity contribution is 6.12. The van der Waals surface area contributed by atoms with E-state index in [1.54, 1.807) is 14.7 Å². The molecular formula is C26H30F5N8O2+. The van der Waals surface area contributed by atoms with Gasteiger partial charge in [-0.3, -0.25) is 4.79 Å². The number of anilines is 1. The van der Waals surface area contributed by atoms with E-state index in [0.717, 1.165) is 6.07 Å². The normalized spacial score (nSPS) is 23.3. The highest BCUT2D eigenvalue weighted by Gasteiger charge is 2.41. The third-order valence-electron chi connectivity index (χ3n) is 7.68. The van der Waals surface area contributed by atoms with Crippen LogP contribution in [-0.2, 0) is 10.7 Å². The van der Waals surface area contributed by atoms with Crippen LogP contribution in [0.2, 0.25) is 0 Å². The number of guanidine groups is 1. The lowest BCUT2D eigenvalue weighted by Crippen LogP contribution is -2.50. The monoisotopic (exact) mass is 581 g/mol. The number of nitrogens with two attached hydrogens (primary N) is 1. The molecule has 0 saturated carbocycles. The molecule has 5 rings (SSSR count). The largest absolute Gasteiger partial charge is 0.481 e. The quantitative estimate of drug-likeness (QED) is 0.315. The van der Waals surface area contributed by atoms with Crippen molar-refractivity contribution in [3.05, 3.63) is 41.0 Å². The number of hydrogen-bond donors (Lipinski definition) is 1. The Hall–Kier alpha value is -3.84. The number of alkyl halides is 2. The van der Waals surface area contributed by atoms with Gasteiger partial charge >= 0.3 is 17.9 Å². The first-order chi connectivity index (χ1) is 19.5. The molecule has 1 aromatic carbocycles. The Morgan fingerprint density at radius 1 is 1.15 bits per heavy atom. The molecule has 3 atom stereocenters. The first-order valence-corrected chi connectivity index (χ1v) is 13.3. The molecule has 0 bridgehead atoms. The molecule has 2 aromatic rings. The molecule has 2 saturated heterocycles. The van der Waals surface area contributed by atoms with Crippen molar-refractivity contribution in [3.63, 3.8) is 0 Å². The summed E-state index contributed by atoms with van der Waals surface area (Å²) in [6.45, 7) is 4.39. The Kier molecular flexibility index (Phi) is 7.84. The summed E-state index contributed by atoms with van der Waals surface area (Å²) in [6, 6.07) is 0.718. The van der Waals surface area contributed by atoms with Crippen LogP contribution < -0.4 is 15.3 Å². The number of benzene rings is 1. The number of nitrogens with zero attached hydrogens (tertiary/aromatic N) is 7. The lowest BCUT2D eigenvalue weighted by atomic mass is 9.94. The van der Waals surface area contributed by atoms with Gasteiger partial charge < -0.3 is 20.1 Å². The highest BCUT2D eigenvalue weighted by atomic mass is 19.3. The van der Waals surface area contributed by atoms with E-state index >= 15 is 0 Å². The standard InChI is InChI=1S/C26H30F5N8O2/c1-3-39(15-4-6-37(7-5-15)25-35-23(36-41-25)26(2,30)31)22(40)14-10-33-24(34-11-14)38-12-17(21(32)13-38)16-8-19(28)20(29)9-18(16)27/h8-11,14-15,17,21H,3-7,12-13,32H2,1-2H3/q+1. The summed E-state index contributed by atoms with van der Waals surface area (Å²) in [5.41, 5.74) is 6.19. The molecule has 2 N–H and O–H groups in total. The summed E-state index contributed by atoms with van der Waals surface area (Å²) < 4.78 is 77.8. The summed E-state index contributed by atoms with van der Waals surface area (Å²) in [4.78, 5) is 26.7. The van der Waals surface area contributed by atoms with Crippen LogP contribution in [0.3, 0.4) is 0 Å². The molecule has 41 heavy (non-hydrogen) atoms. The van der Waals surface area contributed by atoms with E-state index in [2.05, 4.69) is 19.8 Å². The molecule has 0 aliphatic carbocycles. The van der Waals surface area contributed by atoms with E-state index in [1.165, 1.54) is 12.4 Å². The zero-order chi connectivity index (χ0) is 29.5. The van der Waals surface area contributed by atoms with Gasteiger partial charge in [-0.15, -0.1) is 0 Å². The average Bonchev–Trinajstić information content (AvgIpc) is 3.59. The van der Waals surface area contributed by atoms with Crippen LogP contribution in [0.4, 0.5) is 28.0 Å². The Labute approximate surface area is 232 Å². The topological polar surface area (TPSA) is 118 Å². The second-order valence-electron chi connectivity index (χ2n) is 10.5. The van der Waals surface area contributed by atoms with Crippen LogP contribution in [0.1, 0.15) is 44.0 Å². The molecule has 3 aliphatic heterocycles. The van der Waals surface area contributed by atoms with Gasteiger partial charge in [0, 0.05) is 50.6 Å². The Morgan fingerprint density at radius 2 is 1.85 bits per heavy atom. The number of amides is 1. The van der Waals surface area contributed by atoms with Crippen molar-refractivity contribution in [1.29, 1.82) is 0 Å². The molecule has 0 radical (unpaired) electrons. The van der Waals surface area contributed by atoms with Crippen LogP contribution in [0.5, 0.6) is 0 Å². The van der Waals surface area contributed by atoms with Crippen molar-refractivity contribution in [3.8, 4) is 0 Å². The van der Waals surface area contributed by atoms with Crippen LogP contribution >= 0.6 is 0 Å². The van der Waals surface area contributed by atoms with Crippen LogP contribution in [0.15, 0.2) is 21.6 Å². The van der Waals surface area contributed by atoms with Gasteiger partial charge in [0.15, 0.2) is 23.8 Å². The van der Waals surface area contributed by atoms with E-state index in [9.17, 15) is 26.7 Å². The fraction of sp³-hybridized carbons (Fsp3) is 0.538. The van der Waals surface area contributed by atoms with Gasteiger partial charge in [0.1, 0.15) is 12.0 Å². The van der Waals surface area contributed by atoms with Gasteiger partial charge in [-0.1, -0.05) is 10.1 Å². The van der Waals surface area contributed by atoms with Gasteiger partial charge in [0.25, 0.3) is 0 Å². The van der Waals surface area contributed by atoms with Crippen molar-refractivity contribution >= 4 is 30.3 Å². The lowest BCUT2D eigenvalue weighted by molar-refractivity contribution is -0.134. The first-order valence-electron chi connectivity index (χ1n) is 13.3. The summed E-state index contributed by atoms with van der Waals surface area (Å²) in [7, 11) is 0. The SMILES string of the molecule is CCN(C(=O)C1C=NC(N2CC(N)C(c3cc(F)c(F)cc3F)C2)=[N+]=C1)C1CCN(c2nc(C(C)(F)F)no2)CC1. The fourth-order valence-corrected chi connectivity index (χ4v) is 5.48. The van der Waals surface area contributed by atoms with E-state index < -0.39 is 47.1 Å². The maximum Gasteiger partial charge on any atom is 0.481 e. The first kappa shape index (κ1) is 28.7. The Bertz CT molecular complexity index is 1390. The van der Waals surface area contributed by atoms with Gasteiger partial charge in [0.2, 0.25) is 11.7 Å². The zero-order valence-electron chi connectivity index (χ0n) is 22.5. The molecule has 2 fully saturated rings. The molecule has 0 spiro atoms. The smallest absolute Gasteiger partial charge is 0.339 e. The average molecular weight is 582 g/mol. The highest BCUT2D eigenvalue weighted by Crippen LogP contribution is 2.31. The predicted molar refractivity (Wildman–Crippen MR) is 140 cm³/mol. The number of halogens is 5. The van der Waals surface area contributed by atoms with Crippen LogP contribution in [0.25, 0.3) is 0 Å². The molecule has 10 nitrogen and oxygen atoms in total. The number of carbonyl (C=O) groups is 1. The van der Waals surface area contributed by atoms with Gasteiger partial charge in [-0.2, -0.15) is 13.8 Å². The number of rotatable bonds is 6. The number of hydrogen-bond acceptors (Lipinski definition) is 8. The Morgan fingerprint density at radius 3 is 2.46 bits per heavy atom. The third-order valence-corrected chi connectivity index (χ3v) is 7.68. The van der Waals surface area contributed by atoms with E-state index in [1.807, 2.05) is 6.92 Å². The van der Waals surface area contributed by atoms with Crippen molar-refractivity contribution in [1.82, 2.24) is 24.6 Å². The number of aliphatic imine (C=N–C) groups is 1. The second-order valence-corrected chi connectivity index (χ2v) is 10.5. The lowest BCUT2D eigenvalue weighted by Gasteiger charge is -2.37. The van der Waals surface area contributed by atoms with Gasteiger partial charge in [-0.05, 0) is 31.4 Å². The minimum atomic E-state index is -3.20. The molecule has 220 valence electrons. The summed E-state index contributed by atoms with van der Waals surface area (Å²) >= 11 is 0. The minimum Gasteiger partial charge on any atom is -0.339 e. The van der Waals surface area contributed by atoms with E-state index in [0.29, 0.717) is 51.4 Å². The molecule has 1 aromatic heterocycles. The fourth-order valence-electron chi connectivity index (χ4n) is 5.48. The zero-order valence-corrected chi connectivity index (χ0v) is 22.5. The number of piperidine rings is 1.